The summed E-state index contributed by atoms with van der Waals surface area (Å²) in [5.41, 5.74) is 7.33. The topological polar surface area (TPSA) is 56.7 Å². The highest BCUT2D eigenvalue weighted by Gasteiger charge is 2.30. The van der Waals surface area contributed by atoms with E-state index in [9.17, 15) is 0 Å². The van der Waals surface area contributed by atoms with Crippen LogP contribution in [0, 0.1) is 5.92 Å². The molecule has 2 N–H and O–H groups in total. The molecule has 2 aromatic heterocycles. The fraction of sp³-hybridized carbons (Fsp3) is 0.455. The third kappa shape index (κ3) is 1.37. The van der Waals surface area contributed by atoms with Gasteiger partial charge in [0.15, 0.2) is 5.65 Å². The van der Waals surface area contributed by atoms with Crippen LogP contribution in [-0.4, -0.2) is 14.8 Å². The Morgan fingerprint density at radius 3 is 3.00 bits per heavy atom. The van der Waals surface area contributed by atoms with E-state index in [1.807, 2.05) is 16.9 Å². The minimum absolute atomic E-state index is 0.457. The molecule has 0 saturated heterocycles. The molecule has 0 radical (unpaired) electrons. The number of aromatic nitrogens is 3. The molecule has 3 rings (SSSR count). The lowest BCUT2D eigenvalue weighted by atomic mass is 10.2. The first-order valence-corrected chi connectivity index (χ1v) is 5.34. The number of nitrogens with zero attached hydrogens (tertiary/aromatic N) is 3. The summed E-state index contributed by atoms with van der Waals surface area (Å²) in [5, 5.41) is 5.43. The second-order valence-electron chi connectivity index (χ2n) is 4.35. The molecule has 4 heteroatoms. The molecule has 1 aliphatic carbocycles. The smallest absolute Gasteiger partial charge is 0.158 e. The molecule has 0 bridgehead atoms. The predicted molar refractivity (Wildman–Crippen MR) is 59.4 cm³/mol. The Bertz CT molecular complexity index is 498. The van der Waals surface area contributed by atoms with Gasteiger partial charge >= 0.3 is 0 Å². The van der Waals surface area contributed by atoms with Crippen molar-refractivity contribution < 1.29 is 0 Å². The number of anilines is 1. The Morgan fingerprint density at radius 2 is 2.27 bits per heavy atom. The molecular formula is C11H14N4. The highest BCUT2D eigenvalue weighted by Crippen LogP contribution is 2.39. The van der Waals surface area contributed by atoms with Gasteiger partial charge in [0, 0.05) is 5.39 Å². The summed E-state index contributed by atoms with van der Waals surface area (Å²) in [5.74, 6) is 0.785. The highest BCUT2D eigenvalue weighted by molar-refractivity contribution is 5.77. The first kappa shape index (κ1) is 8.71. The lowest BCUT2D eigenvalue weighted by Gasteiger charge is -2.11. The second kappa shape index (κ2) is 2.95. The van der Waals surface area contributed by atoms with Crippen molar-refractivity contribution in [2.75, 3.05) is 5.73 Å². The maximum Gasteiger partial charge on any atom is 0.158 e. The van der Waals surface area contributed by atoms with Crippen molar-refractivity contribution in [1.29, 1.82) is 0 Å². The van der Waals surface area contributed by atoms with Crippen LogP contribution in [0.1, 0.15) is 25.8 Å². The van der Waals surface area contributed by atoms with Crippen molar-refractivity contribution in [3.8, 4) is 0 Å². The van der Waals surface area contributed by atoms with Crippen molar-refractivity contribution in [2.24, 2.45) is 5.92 Å². The van der Waals surface area contributed by atoms with Crippen LogP contribution < -0.4 is 5.73 Å². The predicted octanol–water partition coefficient (Wildman–Crippen LogP) is 1.98. The summed E-state index contributed by atoms with van der Waals surface area (Å²) in [6, 6.07) is 2.38. The number of nitrogen functional groups attached to an aromatic ring is 1. The maximum atomic E-state index is 5.68. The SMILES string of the molecule is CC(C1CC1)n1ncc2cc(N)cnc21. The van der Waals surface area contributed by atoms with Gasteiger partial charge in [0.25, 0.3) is 0 Å². The fourth-order valence-corrected chi connectivity index (χ4v) is 2.03. The van der Waals surface area contributed by atoms with Crippen LogP contribution in [0.4, 0.5) is 5.69 Å². The molecular weight excluding hydrogens is 188 g/mol. The molecule has 0 amide bonds. The number of hydrogen-bond acceptors (Lipinski definition) is 3. The van der Waals surface area contributed by atoms with Crippen LogP contribution in [0.25, 0.3) is 11.0 Å². The van der Waals surface area contributed by atoms with Crippen LogP contribution >= 0.6 is 0 Å². The molecule has 1 aliphatic rings. The zero-order chi connectivity index (χ0) is 10.4. The molecule has 0 aliphatic heterocycles. The molecule has 4 nitrogen and oxygen atoms in total. The minimum atomic E-state index is 0.457. The van der Waals surface area contributed by atoms with Gasteiger partial charge < -0.3 is 5.73 Å². The van der Waals surface area contributed by atoms with Crippen molar-refractivity contribution in [3.05, 3.63) is 18.5 Å². The normalized spacial score (nSPS) is 18.2. The van der Waals surface area contributed by atoms with Gasteiger partial charge in [0.05, 0.1) is 24.1 Å². The Morgan fingerprint density at radius 1 is 1.47 bits per heavy atom. The van der Waals surface area contributed by atoms with Gasteiger partial charge in [-0.1, -0.05) is 0 Å². The van der Waals surface area contributed by atoms with E-state index in [0.29, 0.717) is 11.7 Å². The van der Waals surface area contributed by atoms with E-state index < -0.39 is 0 Å². The van der Waals surface area contributed by atoms with Crippen LogP contribution in [0.3, 0.4) is 0 Å². The summed E-state index contributed by atoms with van der Waals surface area (Å²) in [7, 11) is 0. The van der Waals surface area contributed by atoms with Gasteiger partial charge in [0.2, 0.25) is 0 Å². The third-order valence-electron chi connectivity index (χ3n) is 3.14. The molecule has 2 aromatic rings. The Labute approximate surface area is 88.1 Å². The molecule has 1 saturated carbocycles. The van der Waals surface area contributed by atoms with E-state index in [-0.39, 0.29) is 0 Å². The summed E-state index contributed by atoms with van der Waals surface area (Å²) in [6.07, 6.45) is 6.17. The minimum Gasteiger partial charge on any atom is -0.397 e. The Kier molecular flexibility index (Phi) is 1.71. The molecule has 78 valence electrons. The number of rotatable bonds is 2. The van der Waals surface area contributed by atoms with Crippen molar-refractivity contribution in [2.45, 2.75) is 25.8 Å². The van der Waals surface area contributed by atoms with E-state index >= 15 is 0 Å². The van der Waals surface area contributed by atoms with Crippen LogP contribution in [-0.2, 0) is 0 Å². The summed E-state index contributed by atoms with van der Waals surface area (Å²) in [4.78, 5) is 4.35. The van der Waals surface area contributed by atoms with E-state index in [4.69, 9.17) is 5.73 Å². The first-order chi connectivity index (χ1) is 7.25. The molecule has 0 spiro atoms. The third-order valence-corrected chi connectivity index (χ3v) is 3.14. The van der Waals surface area contributed by atoms with Crippen molar-refractivity contribution in [1.82, 2.24) is 14.8 Å². The molecule has 15 heavy (non-hydrogen) atoms. The largest absolute Gasteiger partial charge is 0.397 e. The van der Waals surface area contributed by atoms with Crippen LogP contribution in [0.2, 0.25) is 0 Å². The molecule has 1 unspecified atom stereocenters. The molecule has 0 aromatic carbocycles. The number of nitrogens with two attached hydrogens (primary N) is 1. The van der Waals surface area contributed by atoms with Crippen molar-refractivity contribution >= 4 is 16.7 Å². The first-order valence-electron chi connectivity index (χ1n) is 5.34. The standard InChI is InChI=1S/C11H14N4/c1-7(8-2-3-8)15-11-9(5-14-15)4-10(12)6-13-11/h4-8H,2-3,12H2,1H3. The van der Waals surface area contributed by atoms with Crippen LogP contribution in [0.15, 0.2) is 18.5 Å². The molecule has 2 heterocycles. The van der Waals surface area contributed by atoms with Gasteiger partial charge in [0.1, 0.15) is 0 Å². The van der Waals surface area contributed by atoms with Gasteiger partial charge in [-0.2, -0.15) is 5.10 Å². The summed E-state index contributed by atoms with van der Waals surface area (Å²) < 4.78 is 2.02. The number of pyridine rings is 1. The highest BCUT2D eigenvalue weighted by atomic mass is 15.3. The summed E-state index contributed by atoms with van der Waals surface area (Å²) >= 11 is 0. The monoisotopic (exact) mass is 202 g/mol. The zero-order valence-electron chi connectivity index (χ0n) is 8.72. The number of hydrogen-bond donors (Lipinski definition) is 1. The van der Waals surface area contributed by atoms with Gasteiger partial charge in [-0.3, -0.25) is 0 Å². The zero-order valence-corrected chi connectivity index (χ0v) is 8.72. The second-order valence-corrected chi connectivity index (χ2v) is 4.35. The average molecular weight is 202 g/mol. The van der Waals surface area contributed by atoms with E-state index in [1.165, 1.54) is 12.8 Å². The fourth-order valence-electron chi connectivity index (χ4n) is 2.03. The van der Waals surface area contributed by atoms with Crippen LogP contribution in [0.5, 0.6) is 0 Å². The molecule has 1 atom stereocenters. The Balaban J connectivity index is 2.10. The van der Waals surface area contributed by atoms with E-state index in [0.717, 1.165) is 17.0 Å². The quantitative estimate of drug-likeness (QED) is 0.810. The van der Waals surface area contributed by atoms with E-state index in [1.54, 1.807) is 6.20 Å². The van der Waals surface area contributed by atoms with E-state index in [2.05, 4.69) is 17.0 Å². The van der Waals surface area contributed by atoms with Gasteiger partial charge in [-0.15, -0.1) is 0 Å². The van der Waals surface area contributed by atoms with Gasteiger partial charge in [-0.25, -0.2) is 9.67 Å². The average Bonchev–Trinajstić information content (AvgIpc) is 2.98. The lowest BCUT2D eigenvalue weighted by molar-refractivity contribution is 0.451. The maximum absolute atomic E-state index is 5.68. The van der Waals surface area contributed by atoms with Gasteiger partial charge in [-0.05, 0) is 31.7 Å². The molecule has 1 fully saturated rings. The Hall–Kier alpha value is -1.58. The summed E-state index contributed by atoms with van der Waals surface area (Å²) in [6.45, 7) is 2.21. The lowest BCUT2D eigenvalue weighted by Crippen LogP contribution is -2.09. The van der Waals surface area contributed by atoms with Crippen molar-refractivity contribution in [3.63, 3.8) is 0 Å². The number of fused-ring (bicyclic) bond motifs is 1.